The highest BCUT2D eigenvalue weighted by molar-refractivity contribution is 7.80. The Hall–Kier alpha value is -2.40. The SMILES string of the molecule is Cc1cccc(C(=O)N(C)c2ccc(C(N)=S)cc2)c1O. The third kappa shape index (κ3) is 3.03. The Morgan fingerprint density at radius 3 is 2.38 bits per heavy atom. The molecule has 0 radical (unpaired) electrons. The number of aryl methyl sites for hydroxylation is 1. The van der Waals surface area contributed by atoms with Gasteiger partial charge in [0.25, 0.3) is 5.91 Å². The van der Waals surface area contributed by atoms with Crippen LogP contribution in [0.5, 0.6) is 5.75 Å². The molecule has 0 bridgehead atoms. The first-order chi connectivity index (χ1) is 9.91. The van der Waals surface area contributed by atoms with E-state index in [1.54, 1.807) is 56.4 Å². The number of hydrogen-bond donors (Lipinski definition) is 2. The second kappa shape index (κ2) is 5.93. The molecule has 3 N–H and O–H groups in total. The fourth-order valence-corrected chi connectivity index (χ4v) is 2.11. The Morgan fingerprint density at radius 2 is 1.81 bits per heavy atom. The molecule has 21 heavy (non-hydrogen) atoms. The molecule has 0 heterocycles. The van der Waals surface area contributed by atoms with Crippen molar-refractivity contribution >= 4 is 28.8 Å². The number of phenolic OH excluding ortho intramolecular Hbond substituents is 1. The van der Waals surface area contributed by atoms with Crippen LogP contribution in [-0.4, -0.2) is 23.0 Å². The molecule has 0 saturated heterocycles. The van der Waals surface area contributed by atoms with Crippen LogP contribution in [0.15, 0.2) is 42.5 Å². The van der Waals surface area contributed by atoms with Crippen molar-refractivity contribution in [2.75, 3.05) is 11.9 Å². The Labute approximate surface area is 128 Å². The Morgan fingerprint density at radius 1 is 1.19 bits per heavy atom. The molecule has 0 saturated carbocycles. The fraction of sp³-hybridized carbons (Fsp3) is 0.125. The number of nitrogens with zero attached hydrogens (tertiary/aromatic N) is 1. The molecule has 4 nitrogen and oxygen atoms in total. The first-order valence-electron chi connectivity index (χ1n) is 6.38. The molecule has 0 aromatic heterocycles. The highest BCUT2D eigenvalue weighted by Gasteiger charge is 2.18. The van der Waals surface area contributed by atoms with E-state index in [0.717, 1.165) is 5.56 Å². The Bertz CT molecular complexity index is 696. The maximum absolute atomic E-state index is 12.5. The van der Waals surface area contributed by atoms with E-state index in [9.17, 15) is 9.90 Å². The molecule has 0 aliphatic heterocycles. The number of amides is 1. The van der Waals surface area contributed by atoms with Crippen LogP contribution in [0, 0.1) is 6.92 Å². The molecule has 5 heteroatoms. The fourth-order valence-electron chi connectivity index (χ4n) is 1.98. The van der Waals surface area contributed by atoms with Crippen LogP contribution < -0.4 is 10.6 Å². The zero-order valence-electron chi connectivity index (χ0n) is 11.8. The summed E-state index contributed by atoms with van der Waals surface area (Å²) < 4.78 is 0. The monoisotopic (exact) mass is 300 g/mol. The summed E-state index contributed by atoms with van der Waals surface area (Å²) in [5.74, 6) is -0.270. The molecule has 0 aliphatic rings. The summed E-state index contributed by atoms with van der Waals surface area (Å²) in [6.45, 7) is 1.75. The van der Waals surface area contributed by atoms with Crippen molar-refractivity contribution < 1.29 is 9.90 Å². The molecule has 2 rings (SSSR count). The van der Waals surface area contributed by atoms with Gasteiger partial charge in [-0.05, 0) is 42.8 Å². The van der Waals surface area contributed by atoms with E-state index in [1.165, 1.54) is 4.90 Å². The van der Waals surface area contributed by atoms with Crippen LogP contribution in [0.4, 0.5) is 5.69 Å². The first-order valence-corrected chi connectivity index (χ1v) is 6.79. The number of hydrogen-bond acceptors (Lipinski definition) is 3. The van der Waals surface area contributed by atoms with Crippen molar-refractivity contribution in [1.82, 2.24) is 0 Å². The molecule has 0 aliphatic carbocycles. The van der Waals surface area contributed by atoms with Gasteiger partial charge in [-0.2, -0.15) is 0 Å². The third-order valence-electron chi connectivity index (χ3n) is 3.31. The highest BCUT2D eigenvalue weighted by atomic mass is 32.1. The molecular formula is C16H16N2O2S. The van der Waals surface area contributed by atoms with Gasteiger partial charge in [-0.15, -0.1) is 0 Å². The van der Waals surface area contributed by atoms with Gasteiger partial charge in [-0.1, -0.05) is 24.4 Å². The van der Waals surface area contributed by atoms with E-state index in [-0.39, 0.29) is 17.2 Å². The summed E-state index contributed by atoms with van der Waals surface area (Å²) in [6.07, 6.45) is 0. The minimum Gasteiger partial charge on any atom is -0.507 e. The molecular weight excluding hydrogens is 284 g/mol. The largest absolute Gasteiger partial charge is 0.507 e. The summed E-state index contributed by atoms with van der Waals surface area (Å²) in [7, 11) is 1.65. The van der Waals surface area contributed by atoms with Crippen LogP contribution >= 0.6 is 12.2 Å². The van der Waals surface area contributed by atoms with Gasteiger partial charge in [0.1, 0.15) is 10.7 Å². The van der Waals surface area contributed by atoms with Crippen molar-refractivity contribution in [1.29, 1.82) is 0 Å². The van der Waals surface area contributed by atoms with Gasteiger partial charge in [0.2, 0.25) is 0 Å². The van der Waals surface area contributed by atoms with Crippen LogP contribution in [0.3, 0.4) is 0 Å². The third-order valence-corrected chi connectivity index (χ3v) is 3.55. The average molecular weight is 300 g/mol. The maximum Gasteiger partial charge on any atom is 0.261 e. The van der Waals surface area contributed by atoms with Gasteiger partial charge in [0.15, 0.2) is 0 Å². The number of nitrogens with two attached hydrogens (primary N) is 1. The lowest BCUT2D eigenvalue weighted by atomic mass is 10.1. The van der Waals surface area contributed by atoms with Crippen molar-refractivity contribution in [2.24, 2.45) is 5.73 Å². The lowest BCUT2D eigenvalue weighted by Gasteiger charge is -2.18. The van der Waals surface area contributed by atoms with E-state index in [4.69, 9.17) is 18.0 Å². The number of para-hydroxylation sites is 1. The zero-order chi connectivity index (χ0) is 15.6. The van der Waals surface area contributed by atoms with E-state index in [2.05, 4.69) is 0 Å². The summed E-state index contributed by atoms with van der Waals surface area (Å²) in [5, 5.41) is 10.00. The highest BCUT2D eigenvalue weighted by Crippen LogP contribution is 2.24. The van der Waals surface area contributed by atoms with Gasteiger partial charge >= 0.3 is 0 Å². The minimum atomic E-state index is -0.278. The summed E-state index contributed by atoms with van der Waals surface area (Å²) in [4.78, 5) is 14.2. The normalized spacial score (nSPS) is 10.2. The molecule has 0 fully saturated rings. The predicted octanol–water partition coefficient (Wildman–Crippen LogP) is 2.61. The number of anilines is 1. The quantitative estimate of drug-likeness (QED) is 0.855. The van der Waals surface area contributed by atoms with Gasteiger partial charge in [0.05, 0.1) is 5.56 Å². The van der Waals surface area contributed by atoms with E-state index in [0.29, 0.717) is 16.2 Å². The second-order valence-electron chi connectivity index (χ2n) is 4.75. The maximum atomic E-state index is 12.5. The van der Waals surface area contributed by atoms with E-state index >= 15 is 0 Å². The molecule has 2 aromatic carbocycles. The zero-order valence-corrected chi connectivity index (χ0v) is 12.6. The van der Waals surface area contributed by atoms with Crippen LogP contribution in [0.1, 0.15) is 21.5 Å². The number of aromatic hydroxyl groups is 1. The van der Waals surface area contributed by atoms with E-state index in [1.807, 2.05) is 0 Å². The lowest BCUT2D eigenvalue weighted by molar-refractivity contribution is 0.0990. The summed E-state index contributed by atoms with van der Waals surface area (Å²) in [6, 6.07) is 12.1. The number of carbonyl (C=O) groups is 1. The lowest BCUT2D eigenvalue weighted by Crippen LogP contribution is -2.26. The van der Waals surface area contributed by atoms with Gasteiger partial charge < -0.3 is 15.7 Å². The van der Waals surface area contributed by atoms with Crippen molar-refractivity contribution in [2.45, 2.75) is 6.92 Å². The van der Waals surface area contributed by atoms with Crippen LogP contribution in [-0.2, 0) is 0 Å². The number of rotatable bonds is 3. The predicted molar refractivity (Wildman–Crippen MR) is 87.9 cm³/mol. The number of thiocarbonyl (C=S) groups is 1. The van der Waals surface area contributed by atoms with Gasteiger partial charge in [0, 0.05) is 18.3 Å². The van der Waals surface area contributed by atoms with Crippen molar-refractivity contribution in [3.63, 3.8) is 0 Å². The van der Waals surface area contributed by atoms with E-state index < -0.39 is 0 Å². The molecule has 0 atom stereocenters. The van der Waals surface area contributed by atoms with Crippen LogP contribution in [0.2, 0.25) is 0 Å². The topological polar surface area (TPSA) is 66.6 Å². The Kier molecular flexibility index (Phi) is 4.23. The molecule has 0 unspecified atom stereocenters. The molecule has 1 amide bonds. The van der Waals surface area contributed by atoms with Crippen LogP contribution in [0.25, 0.3) is 0 Å². The average Bonchev–Trinajstić information content (AvgIpc) is 2.48. The second-order valence-corrected chi connectivity index (χ2v) is 5.19. The molecule has 0 spiro atoms. The number of carbonyl (C=O) groups excluding carboxylic acids is 1. The minimum absolute atomic E-state index is 0.00843. The molecule has 2 aromatic rings. The Balaban J connectivity index is 2.30. The first kappa shape index (κ1) is 15.0. The van der Waals surface area contributed by atoms with Gasteiger partial charge in [-0.25, -0.2) is 0 Å². The summed E-state index contributed by atoms with van der Waals surface area (Å²) >= 11 is 4.89. The van der Waals surface area contributed by atoms with Crippen molar-refractivity contribution in [3.05, 3.63) is 59.2 Å². The number of phenols is 1. The molecule has 108 valence electrons. The van der Waals surface area contributed by atoms with Gasteiger partial charge in [-0.3, -0.25) is 4.79 Å². The summed E-state index contributed by atoms with van der Waals surface area (Å²) in [5.41, 5.74) is 7.92. The smallest absolute Gasteiger partial charge is 0.261 e. The van der Waals surface area contributed by atoms with Crippen molar-refractivity contribution in [3.8, 4) is 5.75 Å². The standard InChI is InChI=1S/C16H16N2O2S/c1-10-4-3-5-13(14(10)19)16(20)18(2)12-8-6-11(7-9-12)15(17)21/h3-9,19H,1-2H3,(H2,17,21). The number of benzene rings is 2.